The van der Waals surface area contributed by atoms with Crippen LogP contribution in [0.25, 0.3) is 0 Å². The first-order valence-corrected chi connectivity index (χ1v) is 7.86. The van der Waals surface area contributed by atoms with Gasteiger partial charge in [0.2, 0.25) is 11.8 Å². The highest BCUT2D eigenvalue weighted by Gasteiger charge is 2.40. The molecule has 1 fully saturated rings. The van der Waals surface area contributed by atoms with E-state index in [1.807, 2.05) is 0 Å². The fourth-order valence-corrected chi connectivity index (χ4v) is 3.57. The van der Waals surface area contributed by atoms with Crippen molar-refractivity contribution in [1.29, 1.82) is 0 Å². The van der Waals surface area contributed by atoms with Gasteiger partial charge in [0.25, 0.3) is 0 Å². The Balaban J connectivity index is 1.59. The van der Waals surface area contributed by atoms with Crippen molar-refractivity contribution in [3.05, 3.63) is 29.8 Å². The van der Waals surface area contributed by atoms with Crippen LogP contribution in [-0.4, -0.2) is 46.0 Å². The summed E-state index contributed by atoms with van der Waals surface area (Å²) >= 11 is 1.36. The fourth-order valence-electron chi connectivity index (χ4n) is 2.38. The van der Waals surface area contributed by atoms with Gasteiger partial charge in [-0.25, -0.2) is 0 Å². The summed E-state index contributed by atoms with van der Waals surface area (Å²) in [6, 6.07) is 6.69. The van der Waals surface area contributed by atoms with Crippen LogP contribution in [0, 0.1) is 0 Å². The van der Waals surface area contributed by atoms with Crippen LogP contribution in [0.2, 0.25) is 0 Å². The maximum Gasteiger partial charge on any atom is 0.242 e. The second-order valence-electron chi connectivity index (χ2n) is 5.15. The normalized spacial score (nSPS) is 19.9. The molecule has 114 valence electrons. The average molecular weight is 317 g/mol. The van der Waals surface area contributed by atoms with Crippen molar-refractivity contribution < 1.29 is 14.4 Å². The molecule has 0 saturated carbocycles. The first-order chi connectivity index (χ1) is 10.5. The Hall–Kier alpha value is -2.15. The molecule has 3 rings (SSSR count). The van der Waals surface area contributed by atoms with E-state index in [1.165, 1.54) is 18.7 Å². The number of hydrogen-bond donors (Lipinski definition) is 1. The number of nitrogens with zero attached hydrogens (tertiary/aromatic N) is 2. The van der Waals surface area contributed by atoms with Crippen molar-refractivity contribution in [2.24, 2.45) is 4.99 Å². The van der Waals surface area contributed by atoms with Crippen LogP contribution in [-0.2, 0) is 9.59 Å². The van der Waals surface area contributed by atoms with Crippen molar-refractivity contribution in [2.75, 3.05) is 18.4 Å². The number of amides is 2. The molecule has 0 aliphatic carbocycles. The summed E-state index contributed by atoms with van der Waals surface area (Å²) in [4.78, 5) is 41.2. The summed E-state index contributed by atoms with van der Waals surface area (Å²) < 4.78 is 0. The highest BCUT2D eigenvalue weighted by Crippen LogP contribution is 2.31. The largest absolute Gasteiger partial charge is 0.326 e. The van der Waals surface area contributed by atoms with Crippen LogP contribution in [0.1, 0.15) is 23.7 Å². The van der Waals surface area contributed by atoms with Gasteiger partial charge in [-0.15, -0.1) is 0 Å². The average Bonchev–Trinajstić information content (AvgIpc) is 3.04. The van der Waals surface area contributed by atoms with Crippen molar-refractivity contribution in [1.82, 2.24) is 4.90 Å². The highest BCUT2D eigenvalue weighted by atomic mass is 32.2. The molecule has 0 spiro atoms. The van der Waals surface area contributed by atoms with E-state index in [9.17, 15) is 14.4 Å². The lowest BCUT2D eigenvalue weighted by Gasteiger charge is -2.10. The summed E-state index contributed by atoms with van der Waals surface area (Å²) in [7, 11) is 0. The molecule has 2 aliphatic rings. The lowest BCUT2D eigenvalue weighted by atomic mass is 10.1. The summed E-state index contributed by atoms with van der Waals surface area (Å²) in [5, 5.41) is 3.08. The molecule has 1 aromatic rings. The first-order valence-electron chi connectivity index (χ1n) is 6.98. The number of thioether (sulfide) groups is 1. The molecule has 1 unspecified atom stereocenters. The van der Waals surface area contributed by atoms with Crippen LogP contribution in [0.4, 0.5) is 5.69 Å². The third-order valence-electron chi connectivity index (χ3n) is 3.54. The first kappa shape index (κ1) is 14.8. The molecule has 22 heavy (non-hydrogen) atoms. The van der Waals surface area contributed by atoms with Gasteiger partial charge < -0.3 is 5.32 Å². The number of carbonyl (C=O) groups excluding carboxylic acids is 3. The number of hydrogen-bond acceptors (Lipinski definition) is 5. The Morgan fingerprint density at radius 1 is 1.36 bits per heavy atom. The molecule has 2 aliphatic heterocycles. The molecule has 1 atom stereocenters. The predicted molar refractivity (Wildman–Crippen MR) is 85.1 cm³/mol. The maximum atomic E-state index is 12.1. The fraction of sp³-hybridized carbons (Fsp3) is 0.333. The van der Waals surface area contributed by atoms with E-state index >= 15 is 0 Å². The second kappa shape index (κ2) is 5.92. The molecule has 2 heterocycles. The SMILES string of the molecule is CC(=O)c1ccc(NC(=O)CC2SC3=NCCN3C2=O)cc1. The lowest BCUT2D eigenvalue weighted by Crippen LogP contribution is -2.32. The molecular formula is C15H15N3O3S. The predicted octanol–water partition coefficient (Wildman–Crippen LogP) is 1.53. The summed E-state index contributed by atoms with van der Waals surface area (Å²) in [5.74, 6) is -0.279. The number of amidine groups is 1. The topological polar surface area (TPSA) is 78.8 Å². The smallest absolute Gasteiger partial charge is 0.242 e. The summed E-state index contributed by atoms with van der Waals surface area (Å²) in [6.45, 7) is 2.76. The van der Waals surface area contributed by atoms with Gasteiger partial charge in [-0.3, -0.25) is 24.3 Å². The Bertz CT molecular complexity index is 669. The minimum atomic E-state index is -0.393. The van der Waals surface area contributed by atoms with E-state index in [0.717, 1.165) is 5.17 Å². The minimum Gasteiger partial charge on any atom is -0.326 e. The molecule has 2 amide bonds. The molecule has 1 saturated heterocycles. The minimum absolute atomic E-state index is 0.0211. The quantitative estimate of drug-likeness (QED) is 0.854. The van der Waals surface area contributed by atoms with E-state index in [0.29, 0.717) is 24.3 Å². The third-order valence-corrected chi connectivity index (χ3v) is 4.75. The monoisotopic (exact) mass is 317 g/mol. The molecule has 0 aromatic heterocycles. The van der Waals surface area contributed by atoms with Gasteiger partial charge in [-0.2, -0.15) is 0 Å². The Morgan fingerprint density at radius 3 is 2.73 bits per heavy atom. The van der Waals surface area contributed by atoms with Crippen molar-refractivity contribution in [2.45, 2.75) is 18.6 Å². The zero-order chi connectivity index (χ0) is 15.7. The zero-order valence-electron chi connectivity index (χ0n) is 12.0. The van der Waals surface area contributed by atoms with E-state index in [2.05, 4.69) is 10.3 Å². The number of fused-ring (bicyclic) bond motifs is 1. The number of carbonyl (C=O) groups is 3. The maximum absolute atomic E-state index is 12.1. The van der Waals surface area contributed by atoms with Gasteiger partial charge >= 0.3 is 0 Å². The molecule has 1 N–H and O–H groups in total. The standard InChI is InChI=1S/C15H15N3O3S/c1-9(19)10-2-4-11(5-3-10)17-13(20)8-12-14(21)18-7-6-16-15(18)22-12/h2-5,12H,6-8H2,1H3,(H,17,20). The summed E-state index contributed by atoms with van der Waals surface area (Å²) in [6.07, 6.45) is 0.119. The Labute approximate surface area is 132 Å². The number of aliphatic imine (C=N–C) groups is 1. The molecule has 0 bridgehead atoms. The molecular weight excluding hydrogens is 302 g/mol. The van der Waals surface area contributed by atoms with Gasteiger partial charge in [0.15, 0.2) is 11.0 Å². The van der Waals surface area contributed by atoms with Gasteiger partial charge in [-0.1, -0.05) is 11.8 Å². The number of nitrogens with one attached hydrogen (secondary N) is 1. The van der Waals surface area contributed by atoms with Crippen LogP contribution in [0.15, 0.2) is 29.3 Å². The molecule has 7 heteroatoms. The number of rotatable bonds is 4. The van der Waals surface area contributed by atoms with Crippen molar-refractivity contribution in [3.63, 3.8) is 0 Å². The number of ketones is 1. The Morgan fingerprint density at radius 2 is 2.09 bits per heavy atom. The molecule has 0 radical (unpaired) electrons. The highest BCUT2D eigenvalue weighted by molar-refractivity contribution is 8.15. The van der Waals surface area contributed by atoms with Crippen molar-refractivity contribution >= 4 is 40.2 Å². The molecule has 1 aromatic carbocycles. The lowest BCUT2D eigenvalue weighted by molar-refractivity contribution is -0.127. The second-order valence-corrected chi connectivity index (χ2v) is 6.32. The van der Waals surface area contributed by atoms with Crippen molar-refractivity contribution in [3.8, 4) is 0 Å². The van der Waals surface area contributed by atoms with Gasteiger partial charge in [0.1, 0.15) is 5.25 Å². The van der Waals surface area contributed by atoms with E-state index in [-0.39, 0.29) is 24.0 Å². The Kier molecular flexibility index (Phi) is 3.98. The van der Waals surface area contributed by atoms with E-state index in [1.54, 1.807) is 29.2 Å². The van der Waals surface area contributed by atoms with Crippen LogP contribution >= 0.6 is 11.8 Å². The van der Waals surface area contributed by atoms with E-state index < -0.39 is 5.25 Å². The number of benzene rings is 1. The van der Waals surface area contributed by atoms with E-state index in [4.69, 9.17) is 0 Å². The van der Waals surface area contributed by atoms with Crippen LogP contribution in [0.3, 0.4) is 0 Å². The summed E-state index contributed by atoms with van der Waals surface area (Å²) in [5.41, 5.74) is 1.21. The van der Waals surface area contributed by atoms with Gasteiger partial charge in [0, 0.05) is 24.2 Å². The number of Topliss-reactive ketones (excluding diaryl/α,β-unsaturated/α-hetero) is 1. The van der Waals surface area contributed by atoms with Gasteiger partial charge in [-0.05, 0) is 31.2 Å². The van der Waals surface area contributed by atoms with Crippen LogP contribution in [0.5, 0.6) is 0 Å². The number of anilines is 1. The van der Waals surface area contributed by atoms with Gasteiger partial charge in [0.05, 0.1) is 6.54 Å². The third kappa shape index (κ3) is 2.89. The molecule has 6 nitrogen and oxygen atoms in total. The van der Waals surface area contributed by atoms with Crippen LogP contribution < -0.4 is 5.32 Å². The zero-order valence-corrected chi connectivity index (χ0v) is 12.9.